The summed E-state index contributed by atoms with van der Waals surface area (Å²) in [5.74, 6) is -0.0760. The number of amides is 1. The van der Waals surface area contributed by atoms with Gasteiger partial charge in [-0.25, -0.2) is 0 Å². The summed E-state index contributed by atoms with van der Waals surface area (Å²) < 4.78 is 6.69. The van der Waals surface area contributed by atoms with E-state index in [9.17, 15) is 4.79 Å². The van der Waals surface area contributed by atoms with Gasteiger partial charge < -0.3 is 15.4 Å². The Balaban J connectivity index is 0.00000289. The number of ether oxygens (including phenoxy) is 1. The van der Waals surface area contributed by atoms with Crippen molar-refractivity contribution in [3.8, 4) is 0 Å². The van der Waals surface area contributed by atoms with Crippen molar-refractivity contribution in [3.05, 3.63) is 12.4 Å². The van der Waals surface area contributed by atoms with Crippen LogP contribution in [-0.4, -0.2) is 43.0 Å². The van der Waals surface area contributed by atoms with Crippen molar-refractivity contribution in [1.82, 2.24) is 15.1 Å². The van der Waals surface area contributed by atoms with E-state index in [1.54, 1.807) is 24.2 Å². The normalized spacial score (nSPS) is 11.7. The highest BCUT2D eigenvalue weighted by Crippen LogP contribution is 2.07. The highest BCUT2D eigenvalue weighted by atomic mass is 35.5. The maximum absolute atomic E-state index is 11.7. The van der Waals surface area contributed by atoms with Gasteiger partial charge in [0.1, 0.15) is 0 Å². The second-order valence-corrected chi connectivity index (χ2v) is 3.93. The van der Waals surface area contributed by atoms with E-state index in [0.29, 0.717) is 25.4 Å². The van der Waals surface area contributed by atoms with Crippen LogP contribution < -0.4 is 10.6 Å². The lowest BCUT2D eigenvalue weighted by molar-refractivity contribution is -0.119. The second kappa shape index (κ2) is 8.91. The number of carbonyl (C=O) groups excluding carboxylic acids is 1. The van der Waals surface area contributed by atoms with Gasteiger partial charge in [-0.15, -0.1) is 12.4 Å². The minimum atomic E-state index is -0.0673. The van der Waals surface area contributed by atoms with Gasteiger partial charge >= 0.3 is 0 Å². The number of hydrogen-bond donors (Lipinski definition) is 2. The van der Waals surface area contributed by atoms with Gasteiger partial charge in [0.25, 0.3) is 0 Å². The minimum absolute atomic E-state index is 0. The molecular formula is C11H21ClN4O2. The Labute approximate surface area is 113 Å². The standard InChI is InChI=1S/C11H20N4O2.ClH/c1-9(6-12-2)11(16)14-10-7-13-15(8-10)4-5-17-3;/h7-9,12H,4-6H2,1-3H3,(H,14,16);1H. The van der Waals surface area contributed by atoms with Crippen LogP contribution in [-0.2, 0) is 16.1 Å². The van der Waals surface area contributed by atoms with Crippen molar-refractivity contribution in [3.63, 3.8) is 0 Å². The molecule has 0 saturated heterocycles. The SMILES string of the molecule is CNCC(C)C(=O)Nc1cnn(CCOC)c1.Cl. The fourth-order valence-electron chi connectivity index (χ4n) is 1.40. The zero-order valence-electron chi connectivity index (χ0n) is 11.0. The molecule has 1 unspecified atom stereocenters. The maximum atomic E-state index is 11.7. The second-order valence-electron chi connectivity index (χ2n) is 3.93. The summed E-state index contributed by atoms with van der Waals surface area (Å²) in [7, 11) is 3.47. The Kier molecular flexibility index (Phi) is 8.36. The van der Waals surface area contributed by atoms with Crippen LogP contribution in [0.1, 0.15) is 6.92 Å². The Hall–Kier alpha value is -1.11. The minimum Gasteiger partial charge on any atom is -0.383 e. The first-order valence-corrected chi connectivity index (χ1v) is 5.64. The molecule has 1 rings (SSSR count). The molecule has 0 saturated carbocycles. The van der Waals surface area contributed by atoms with Crippen LogP contribution in [0, 0.1) is 5.92 Å². The molecule has 0 radical (unpaired) electrons. The predicted octanol–water partition coefficient (Wildman–Crippen LogP) is 0.745. The first-order valence-electron chi connectivity index (χ1n) is 5.64. The average molecular weight is 277 g/mol. The van der Waals surface area contributed by atoms with Gasteiger partial charge in [-0.3, -0.25) is 9.48 Å². The van der Waals surface area contributed by atoms with Gasteiger partial charge in [-0.2, -0.15) is 5.10 Å². The van der Waals surface area contributed by atoms with Crippen LogP contribution in [0.4, 0.5) is 5.69 Å². The molecule has 7 heteroatoms. The number of halogens is 1. The first kappa shape index (κ1) is 16.9. The summed E-state index contributed by atoms with van der Waals surface area (Å²) in [6.45, 7) is 3.81. The molecule has 6 nitrogen and oxygen atoms in total. The fraction of sp³-hybridized carbons (Fsp3) is 0.636. The smallest absolute Gasteiger partial charge is 0.228 e. The lowest BCUT2D eigenvalue weighted by atomic mass is 10.1. The molecule has 1 atom stereocenters. The Morgan fingerprint density at radius 2 is 2.33 bits per heavy atom. The predicted molar refractivity (Wildman–Crippen MR) is 73.1 cm³/mol. The average Bonchev–Trinajstić information content (AvgIpc) is 2.74. The molecule has 0 aliphatic rings. The van der Waals surface area contributed by atoms with Crippen LogP contribution in [0.3, 0.4) is 0 Å². The monoisotopic (exact) mass is 276 g/mol. The Morgan fingerprint density at radius 3 is 2.94 bits per heavy atom. The molecule has 0 aliphatic carbocycles. The van der Waals surface area contributed by atoms with Crippen LogP contribution in [0.25, 0.3) is 0 Å². The lowest BCUT2D eigenvalue weighted by Crippen LogP contribution is -2.28. The molecule has 1 aromatic rings. The molecular weight excluding hydrogens is 256 g/mol. The molecule has 0 bridgehead atoms. The first-order chi connectivity index (χ1) is 8.17. The summed E-state index contributed by atoms with van der Waals surface area (Å²) in [6.07, 6.45) is 3.43. The van der Waals surface area contributed by atoms with Gasteiger partial charge in [0.2, 0.25) is 5.91 Å². The summed E-state index contributed by atoms with van der Waals surface area (Å²) in [4.78, 5) is 11.7. The highest BCUT2D eigenvalue weighted by molar-refractivity contribution is 5.92. The van der Waals surface area contributed by atoms with Crippen LogP contribution in [0.2, 0.25) is 0 Å². The van der Waals surface area contributed by atoms with Gasteiger partial charge in [0, 0.05) is 25.8 Å². The highest BCUT2D eigenvalue weighted by Gasteiger charge is 2.12. The summed E-state index contributed by atoms with van der Waals surface area (Å²) in [5.41, 5.74) is 0.717. The topological polar surface area (TPSA) is 68.2 Å². The van der Waals surface area contributed by atoms with Crippen molar-refractivity contribution in [1.29, 1.82) is 0 Å². The van der Waals surface area contributed by atoms with E-state index in [4.69, 9.17) is 4.74 Å². The molecule has 18 heavy (non-hydrogen) atoms. The molecule has 1 heterocycles. The van der Waals surface area contributed by atoms with Crippen molar-refractivity contribution >= 4 is 24.0 Å². The van der Waals surface area contributed by atoms with E-state index < -0.39 is 0 Å². The number of anilines is 1. The molecule has 2 N–H and O–H groups in total. The van der Waals surface area contributed by atoms with E-state index in [1.807, 2.05) is 14.0 Å². The van der Waals surface area contributed by atoms with E-state index in [-0.39, 0.29) is 24.2 Å². The number of aromatic nitrogens is 2. The van der Waals surface area contributed by atoms with Gasteiger partial charge in [0.15, 0.2) is 0 Å². The van der Waals surface area contributed by atoms with Crippen LogP contribution in [0.15, 0.2) is 12.4 Å². The maximum Gasteiger partial charge on any atom is 0.228 e. The molecule has 0 spiro atoms. The molecule has 1 amide bonds. The van der Waals surface area contributed by atoms with Gasteiger partial charge in [0.05, 0.1) is 25.0 Å². The lowest BCUT2D eigenvalue weighted by Gasteiger charge is -2.09. The fourth-order valence-corrected chi connectivity index (χ4v) is 1.40. The third-order valence-corrected chi connectivity index (χ3v) is 2.38. The summed E-state index contributed by atoms with van der Waals surface area (Å²) in [5, 5.41) is 9.91. The Morgan fingerprint density at radius 1 is 1.61 bits per heavy atom. The number of carbonyl (C=O) groups is 1. The number of nitrogens with zero attached hydrogens (tertiary/aromatic N) is 2. The number of nitrogens with one attached hydrogen (secondary N) is 2. The van der Waals surface area contributed by atoms with E-state index in [0.717, 1.165) is 0 Å². The number of methoxy groups -OCH3 is 1. The molecule has 0 aromatic carbocycles. The van der Waals surface area contributed by atoms with Gasteiger partial charge in [-0.1, -0.05) is 6.92 Å². The van der Waals surface area contributed by atoms with E-state index in [2.05, 4.69) is 15.7 Å². The molecule has 0 fully saturated rings. The van der Waals surface area contributed by atoms with Gasteiger partial charge in [-0.05, 0) is 7.05 Å². The molecule has 104 valence electrons. The Bertz CT molecular complexity index is 357. The summed E-state index contributed by atoms with van der Waals surface area (Å²) in [6, 6.07) is 0. The molecule has 1 aromatic heterocycles. The zero-order valence-corrected chi connectivity index (χ0v) is 11.8. The van der Waals surface area contributed by atoms with E-state index in [1.165, 1.54) is 0 Å². The third kappa shape index (κ3) is 5.48. The zero-order chi connectivity index (χ0) is 12.7. The van der Waals surface area contributed by atoms with Crippen LogP contribution >= 0.6 is 12.4 Å². The number of hydrogen-bond acceptors (Lipinski definition) is 4. The molecule has 0 aliphatic heterocycles. The van der Waals surface area contributed by atoms with Crippen molar-refractivity contribution in [2.45, 2.75) is 13.5 Å². The van der Waals surface area contributed by atoms with Crippen molar-refractivity contribution in [2.24, 2.45) is 5.92 Å². The third-order valence-electron chi connectivity index (χ3n) is 2.38. The van der Waals surface area contributed by atoms with Crippen molar-refractivity contribution < 1.29 is 9.53 Å². The number of rotatable bonds is 7. The largest absolute Gasteiger partial charge is 0.383 e. The quantitative estimate of drug-likeness (QED) is 0.771. The van der Waals surface area contributed by atoms with E-state index >= 15 is 0 Å². The van der Waals surface area contributed by atoms with Crippen molar-refractivity contribution in [2.75, 3.05) is 32.6 Å². The van der Waals surface area contributed by atoms with Crippen LogP contribution in [0.5, 0.6) is 0 Å². The summed E-state index contributed by atoms with van der Waals surface area (Å²) >= 11 is 0.